The Labute approximate surface area is 174 Å². The van der Waals surface area contributed by atoms with Gasteiger partial charge in [-0.25, -0.2) is 9.97 Å². The average molecular weight is 487 g/mol. The van der Waals surface area contributed by atoms with Gasteiger partial charge in [0.15, 0.2) is 5.13 Å². The van der Waals surface area contributed by atoms with Gasteiger partial charge in [0.25, 0.3) is 0 Å². The molecule has 11 heteroatoms. The summed E-state index contributed by atoms with van der Waals surface area (Å²) in [6.45, 7) is 1.40. The van der Waals surface area contributed by atoms with Crippen LogP contribution in [0.3, 0.4) is 0 Å². The number of rotatable bonds is 4. The number of nitrogens with one attached hydrogen (secondary N) is 1. The molecule has 3 aromatic rings. The maximum absolute atomic E-state index is 13.1. The first kappa shape index (κ1) is 20.6. The number of thiazole rings is 1. The molecule has 2 aromatic heterocycles. The van der Waals surface area contributed by atoms with E-state index in [-0.39, 0.29) is 16.5 Å². The van der Waals surface area contributed by atoms with Crippen molar-refractivity contribution in [1.82, 2.24) is 9.97 Å². The summed E-state index contributed by atoms with van der Waals surface area (Å²) in [6.07, 6.45) is -4.67. The number of pyridine rings is 1. The van der Waals surface area contributed by atoms with E-state index in [1.165, 1.54) is 18.3 Å². The first-order valence-electron chi connectivity index (χ1n) is 7.65. The van der Waals surface area contributed by atoms with E-state index in [2.05, 4.69) is 31.2 Å². The van der Waals surface area contributed by atoms with Crippen molar-refractivity contribution in [1.29, 1.82) is 5.26 Å². The van der Waals surface area contributed by atoms with Crippen molar-refractivity contribution in [2.45, 2.75) is 18.1 Å². The van der Waals surface area contributed by atoms with Crippen LogP contribution in [-0.2, 0) is 11.0 Å². The van der Waals surface area contributed by atoms with E-state index in [9.17, 15) is 18.0 Å². The second kappa shape index (κ2) is 8.06. The van der Waals surface area contributed by atoms with E-state index in [0.29, 0.717) is 5.13 Å². The fourth-order valence-electron chi connectivity index (χ4n) is 2.32. The Morgan fingerprint density at radius 3 is 2.79 bits per heavy atom. The molecule has 0 bridgehead atoms. The molecule has 0 unspecified atom stereocenters. The quantitative estimate of drug-likeness (QED) is 0.500. The zero-order chi connectivity index (χ0) is 20.5. The minimum atomic E-state index is -4.67. The van der Waals surface area contributed by atoms with Crippen molar-refractivity contribution < 1.29 is 18.0 Å². The number of carbonyl (C=O) groups excluding carboxylic acids is 1. The number of thioether (sulfide) groups is 1. The van der Waals surface area contributed by atoms with Gasteiger partial charge in [-0.05, 0) is 31.2 Å². The fourth-order valence-corrected chi connectivity index (χ4v) is 4.60. The van der Waals surface area contributed by atoms with Gasteiger partial charge in [0, 0.05) is 10.2 Å². The van der Waals surface area contributed by atoms with E-state index in [4.69, 9.17) is 5.26 Å². The Hall–Kier alpha value is -2.16. The third-order valence-corrected chi connectivity index (χ3v) is 5.87. The lowest BCUT2D eigenvalue weighted by Gasteiger charge is -2.12. The number of hydrogen-bond acceptors (Lipinski definition) is 6. The topological polar surface area (TPSA) is 78.7 Å². The number of nitriles is 1. The summed E-state index contributed by atoms with van der Waals surface area (Å²) in [5, 5.41) is 12.0. The van der Waals surface area contributed by atoms with E-state index in [1.54, 1.807) is 12.1 Å². The average Bonchev–Trinajstić information content (AvgIpc) is 2.99. The summed E-state index contributed by atoms with van der Waals surface area (Å²) in [5.41, 5.74) is -0.799. The summed E-state index contributed by atoms with van der Waals surface area (Å²) in [7, 11) is 0. The Morgan fingerprint density at radius 1 is 1.36 bits per heavy atom. The largest absolute Gasteiger partial charge is 0.417 e. The van der Waals surface area contributed by atoms with Gasteiger partial charge in [0.1, 0.15) is 11.1 Å². The van der Waals surface area contributed by atoms with Gasteiger partial charge >= 0.3 is 6.18 Å². The molecule has 0 saturated carbocycles. The normalized spacial score (nSPS) is 11.4. The predicted molar refractivity (Wildman–Crippen MR) is 105 cm³/mol. The number of benzene rings is 1. The zero-order valence-corrected chi connectivity index (χ0v) is 17.3. The van der Waals surface area contributed by atoms with Gasteiger partial charge in [-0.15, -0.1) is 0 Å². The maximum Gasteiger partial charge on any atom is 0.417 e. The monoisotopic (exact) mass is 486 g/mol. The SMILES string of the molecule is Cc1cc(C(F)(F)F)c(C#N)c(SCC(=O)Nc2nc3ccc(Br)cc3s2)n1. The van der Waals surface area contributed by atoms with E-state index < -0.39 is 23.2 Å². The van der Waals surface area contributed by atoms with Crippen molar-refractivity contribution in [2.24, 2.45) is 0 Å². The number of alkyl halides is 3. The lowest BCUT2D eigenvalue weighted by molar-refractivity contribution is -0.138. The highest BCUT2D eigenvalue weighted by Crippen LogP contribution is 2.36. The first-order chi connectivity index (χ1) is 13.2. The second-order valence-electron chi connectivity index (χ2n) is 5.57. The summed E-state index contributed by atoms with van der Waals surface area (Å²) < 4.78 is 41.2. The minimum Gasteiger partial charge on any atom is -0.301 e. The van der Waals surface area contributed by atoms with Crippen LogP contribution in [0.25, 0.3) is 10.2 Å². The van der Waals surface area contributed by atoms with Crippen molar-refractivity contribution in [3.05, 3.63) is 45.6 Å². The van der Waals surface area contributed by atoms with Crippen LogP contribution in [-0.4, -0.2) is 21.6 Å². The molecular weight excluding hydrogens is 477 g/mol. The standard InChI is InChI=1S/C17H10BrF3N4OS2/c1-8-4-11(17(19,20)21)10(6-22)15(23-8)27-7-14(26)25-16-24-12-3-2-9(18)5-13(12)28-16/h2-5H,7H2,1H3,(H,24,25,26). The van der Waals surface area contributed by atoms with Crippen LogP contribution in [0.4, 0.5) is 18.3 Å². The molecule has 0 aliphatic heterocycles. The Kier molecular flexibility index (Phi) is 5.92. The van der Waals surface area contributed by atoms with Crippen molar-refractivity contribution in [3.8, 4) is 6.07 Å². The maximum atomic E-state index is 13.1. The van der Waals surface area contributed by atoms with Crippen LogP contribution in [0.1, 0.15) is 16.8 Å². The molecule has 0 atom stereocenters. The molecule has 144 valence electrons. The Morgan fingerprint density at radius 2 is 2.11 bits per heavy atom. The molecule has 28 heavy (non-hydrogen) atoms. The highest BCUT2D eigenvalue weighted by molar-refractivity contribution is 9.10. The summed E-state index contributed by atoms with van der Waals surface area (Å²) in [4.78, 5) is 20.5. The lowest BCUT2D eigenvalue weighted by atomic mass is 10.1. The summed E-state index contributed by atoms with van der Waals surface area (Å²) in [5.74, 6) is -0.661. The molecule has 3 rings (SSSR count). The van der Waals surface area contributed by atoms with Crippen LogP contribution in [0, 0.1) is 18.3 Å². The number of nitrogens with zero attached hydrogens (tertiary/aromatic N) is 3. The number of aromatic nitrogens is 2. The van der Waals surface area contributed by atoms with Crippen LogP contribution in [0.5, 0.6) is 0 Å². The van der Waals surface area contributed by atoms with Crippen molar-refractivity contribution in [2.75, 3.05) is 11.1 Å². The highest BCUT2D eigenvalue weighted by atomic mass is 79.9. The van der Waals surface area contributed by atoms with Gasteiger partial charge in [-0.2, -0.15) is 18.4 Å². The van der Waals surface area contributed by atoms with Crippen LogP contribution in [0.2, 0.25) is 0 Å². The number of hydrogen-bond donors (Lipinski definition) is 1. The molecule has 0 fully saturated rings. The zero-order valence-electron chi connectivity index (χ0n) is 14.1. The number of carbonyl (C=O) groups is 1. The van der Waals surface area contributed by atoms with Gasteiger partial charge in [-0.3, -0.25) is 4.79 Å². The molecule has 2 heterocycles. The predicted octanol–water partition coefficient (Wildman–Crippen LogP) is 5.38. The smallest absolute Gasteiger partial charge is 0.301 e. The van der Waals surface area contributed by atoms with E-state index in [0.717, 1.165) is 32.5 Å². The number of aryl methyl sites for hydroxylation is 1. The minimum absolute atomic E-state index is 0.117. The Bertz CT molecular complexity index is 1110. The molecule has 5 nitrogen and oxygen atoms in total. The number of halogens is 4. The molecule has 1 N–H and O–H groups in total. The molecule has 0 aliphatic carbocycles. The van der Waals surface area contributed by atoms with Crippen molar-refractivity contribution in [3.63, 3.8) is 0 Å². The fraction of sp³-hybridized carbons (Fsp3) is 0.176. The van der Waals surface area contributed by atoms with Crippen LogP contribution < -0.4 is 5.32 Å². The van der Waals surface area contributed by atoms with Gasteiger partial charge < -0.3 is 5.32 Å². The molecule has 1 aromatic carbocycles. The third kappa shape index (κ3) is 4.63. The highest BCUT2D eigenvalue weighted by Gasteiger charge is 2.35. The van der Waals surface area contributed by atoms with Crippen LogP contribution in [0.15, 0.2) is 33.8 Å². The van der Waals surface area contributed by atoms with Crippen LogP contribution >= 0.6 is 39.0 Å². The number of anilines is 1. The number of fused-ring (bicyclic) bond motifs is 1. The summed E-state index contributed by atoms with van der Waals surface area (Å²) in [6, 6.07) is 7.86. The third-order valence-electron chi connectivity index (χ3n) is 3.47. The Balaban J connectivity index is 1.75. The van der Waals surface area contributed by atoms with E-state index in [1.807, 2.05) is 12.1 Å². The van der Waals surface area contributed by atoms with E-state index >= 15 is 0 Å². The van der Waals surface area contributed by atoms with Gasteiger partial charge in [0.2, 0.25) is 5.91 Å². The molecule has 0 radical (unpaired) electrons. The summed E-state index contributed by atoms with van der Waals surface area (Å²) >= 11 is 5.41. The first-order valence-corrected chi connectivity index (χ1v) is 10.2. The molecule has 0 saturated heterocycles. The molecule has 0 spiro atoms. The molecule has 0 aliphatic rings. The lowest BCUT2D eigenvalue weighted by Crippen LogP contribution is -2.15. The second-order valence-corrected chi connectivity index (χ2v) is 8.48. The number of amides is 1. The van der Waals surface area contributed by atoms with Gasteiger partial charge in [-0.1, -0.05) is 39.0 Å². The molecular formula is C17H10BrF3N4OS2. The molecule has 1 amide bonds. The van der Waals surface area contributed by atoms with Crippen molar-refractivity contribution >= 4 is 60.3 Å². The van der Waals surface area contributed by atoms with Gasteiger partial charge in [0.05, 0.1) is 27.1 Å².